The summed E-state index contributed by atoms with van der Waals surface area (Å²) < 4.78 is 0. The van der Waals surface area contributed by atoms with Gasteiger partial charge in [0.1, 0.15) is 0 Å². The predicted octanol–water partition coefficient (Wildman–Crippen LogP) is 4.86. The van der Waals surface area contributed by atoms with Crippen LogP contribution in [0.15, 0.2) is 24.3 Å². The zero-order chi connectivity index (χ0) is 18.0. The molecule has 0 radical (unpaired) electrons. The Labute approximate surface area is 154 Å². The van der Waals surface area contributed by atoms with E-state index in [1.54, 1.807) is 13.0 Å². The second-order valence-corrected chi connectivity index (χ2v) is 7.64. The number of nitro groups is 1. The lowest BCUT2D eigenvalue weighted by Crippen LogP contribution is -2.29. The van der Waals surface area contributed by atoms with Gasteiger partial charge in [-0.25, -0.2) is 0 Å². The summed E-state index contributed by atoms with van der Waals surface area (Å²) in [5.41, 5.74) is 1.51. The fraction of sp³-hybridized carbons (Fsp3) is 0.353. The van der Waals surface area contributed by atoms with Crippen molar-refractivity contribution in [3.63, 3.8) is 0 Å². The number of benzene rings is 1. The van der Waals surface area contributed by atoms with Crippen LogP contribution in [0.25, 0.3) is 0 Å². The van der Waals surface area contributed by atoms with Gasteiger partial charge in [-0.3, -0.25) is 14.9 Å². The van der Waals surface area contributed by atoms with Crippen molar-refractivity contribution in [1.29, 1.82) is 0 Å². The van der Waals surface area contributed by atoms with Crippen LogP contribution in [-0.2, 0) is 0 Å². The van der Waals surface area contributed by atoms with Crippen molar-refractivity contribution in [3.8, 4) is 0 Å². The highest BCUT2D eigenvalue weighted by Gasteiger charge is 2.20. The maximum absolute atomic E-state index is 12.3. The number of amides is 1. The Morgan fingerprint density at radius 2 is 2.00 bits per heavy atom. The number of piperidine rings is 1. The van der Waals surface area contributed by atoms with Crippen molar-refractivity contribution in [2.45, 2.75) is 26.2 Å². The first kappa shape index (κ1) is 17.7. The van der Waals surface area contributed by atoms with E-state index in [1.165, 1.54) is 12.5 Å². The summed E-state index contributed by atoms with van der Waals surface area (Å²) in [7, 11) is 0. The van der Waals surface area contributed by atoms with E-state index in [2.05, 4.69) is 10.2 Å². The highest BCUT2D eigenvalue weighted by atomic mass is 35.5. The average molecular weight is 380 g/mol. The summed E-state index contributed by atoms with van der Waals surface area (Å²) in [6.07, 6.45) is 3.56. The van der Waals surface area contributed by atoms with Gasteiger partial charge in [0.15, 0.2) is 0 Å². The van der Waals surface area contributed by atoms with Gasteiger partial charge in [0.25, 0.3) is 11.6 Å². The molecule has 1 saturated heterocycles. The van der Waals surface area contributed by atoms with Crippen molar-refractivity contribution in [2.75, 3.05) is 23.3 Å². The zero-order valence-electron chi connectivity index (χ0n) is 13.8. The molecular formula is C17H18ClN3O3S. The number of anilines is 2. The van der Waals surface area contributed by atoms with Gasteiger partial charge >= 0.3 is 0 Å². The summed E-state index contributed by atoms with van der Waals surface area (Å²) >= 11 is 7.49. The molecule has 1 aliphatic rings. The highest BCUT2D eigenvalue weighted by Crippen LogP contribution is 2.32. The molecule has 0 spiro atoms. The van der Waals surface area contributed by atoms with E-state index in [0.29, 0.717) is 20.5 Å². The molecule has 1 fully saturated rings. The molecule has 0 bridgehead atoms. The first-order valence-electron chi connectivity index (χ1n) is 8.06. The number of halogens is 1. The molecule has 0 unspecified atom stereocenters. The molecule has 1 aliphatic heterocycles. The molecule has 1 amide bonds. The smallest absolute Gasteiger partial charge is 0.283 e. The molecule has 8 heteroatoms. The molecule has 0 aliphatic carbocycles. The second-order valence-electron chi connectivity index (χ2n) is 5.98. The Balaban J connectivity index is 1.74. The number of rotatable bonds is 4. The molecule has 0 atom stereocenters. The lowest BCUT2D eigenvalue weighted by molar-refractivity contribution is -0.385. The quantitative estimate of drug-likeness (QED) is 0.608. The first-order valence-corrected chi connectivity index (χ1v) is 9.26. The SMILES string of the molecule is Cc1sc(C(=O)Nc2ccc(N3CCCCC3)c(Cl)c2)cc1[N+](=O)[O-]. The Bertz CT molecular complexity index is 815. The molecule has 2 heterocycles. The minimum absolute atomic E-state index is 0.0337. The Morgan fingerprint density at radius 3 is 2.60 bits per heavy atom. The van der Waals surface area contributed by atoms with Gasteiger partial charge in [0.05, 0.1) is 25.4 Å². The van der Waals surface area contributed by atoms with Gasteiger partial charge in [-0.2, -0.15) is 0 Å². The van der Waals surface area contributed by atoms with Crippen LogP contribution < -0.4 is 10.2 Å². The van der Waals surface area contributed by atoms with Gasteiger partial charge in [-0.15, -0.1) is 11.3 Å². The molecule has 3 rings (SSSR count). The minimum Gasteiger partial charge on any atom is -0.370 e. The molecule has 0 saturated carbocycles. The average Bonchev–Trinajstić information content (AvgIpc) is 2.98. The third kappa shape index (κ3) is 3.93. The fourth-order valence-corrected chi connectivity index (χ4v) is 4.12. The largest absolute Gasteiger partial charge is 0.370 e. The normalized spacial score (nSPS) is 14.4. The van der Waals surface area contributed by atoms with E-state index in [0.717, 1.165) is 43.0 Å². The third-order valence-electron chi connectivity index (χ3n) is 4.21. The van der Waals surface area contributed by atoms with Crippen LogP contribution in [0.4, 0.5) is 17.1 Å². The van der Waals surface area contributed by atoms with Crippen LogP contribution in [0.3, 0.4) is 0 Å². The first-order chi connectivity index (χ1) is 12.0. The summed E-state index contributed by atoms with van der Waals surface area (Å²) in [5.74, 6) is -0.372. The molecular weight excluding hydrogens is 362 g/mol. The van der Waals surface area contributed by atoms with E-state index in [-0.39, 0.29) is 11.6 Å². The van der Waals surface area contributed by atoms with Crippen molar-refractivity contribution in [1.82, 2.24) is 0 Å². The minimum atomic E-state index is -0.479. The third-order valence-corrected chi connectivity index (χ3v) is 5.56. The highest BCUT2D eigenvalue weighted by molar-refractivity contribution is 7.14. The number of nitrogens with zero attached hydrogens (tertiary/aromatic N) is 2. The van der Waals surface area contributed by atoms with Crippen molar-refractivity contribution in [3.05, 3.63) is 49.2 Å². The van der Waals surface area contributed by atoms with Gasteiger partial charge < -0.3 is 10.2 Å². The van der Waals surface area contributed by atoms with Crippen LogP contribution in [-0.4, -0.2) is 23.9 Å². The van der Waals surface area contributed by atoms with Gasteiger partial charge in [-0.05, 0) is 44.4 Å². The van der Waals surface area contributed by atoms with Crippen molar-refractivity contribution < 1.29 is 9.72 Å². The lowest BCUT2D eigenvalue weighted by Gasteiger charge is -2.29. The number of hydrogen-bond acceptors (Lipinski definition) is 5. The summed E-state index contributed by atoms with van der Waals surface area (Å²) in [4.78, 5) is 25.8. The van der Waals surface area contributed by atoms with Crippen molar-refractivity contribution in [2.24, 2.45) is 0 Å². The van der Waals surface area contributed by atoms with Gasteiger partial charge in [0, 0.05) is 24.8 Å². The fourth-order valence-electron chi connectivity index (χ4n) is 2.93. The molecule has 1 N–H and O–H groups in total. The van der Waals surface area contributed by atoms with Gasteiger partial charge in [-0.1, -0.05) is 11.6 Å². The standard InChI is InChI=1S/C17H18ClN3O3S/c1-11-15(21(23)24)10-16(25-11)17(22)19-12-5-6-14(13(18)9-12)20-7-3-2-4-8-20/h5-6,9-10H,2-4,7-8H2,1H3,(H,19,22). The number of carbonyl (C=O) groups excluding carboxylic acids is 1. The molecule has 1 aromatic carbocycles. The topological polar surface area (TPSA) is 75.5 Å². The van der Waals surface area contributed by atoms with Crippen LogP contribution >= 0.6 is 22.9 Å². The Morgan fingerprint density at radius 1 is 1.28 bits per heavy atom. The lowest BCUT2D eigenvalue weighted by atomic mass is 10.1. The summed E-state index contributed by atoms with van der Waals surface area (Å²) in [6, 6.07) is 6.74. The zero-order valence-corrected chi connectivity index (χ0v) is 15.3. The van der Waals surface area contributed by atoms with E-state index < -0.39 is 4.92 Å². The maximum Gasteiger partial charge on any atom is 0.283 e. The molecule has 25 heavy (non-hydrogen) atoms. The van der Waals surface area contributed by atoms with Crippen LogP contribution in [0.1, 0.15) is 33.8 Å². The monoisotopic (exact) mass is 379 g/mol. The number of thiophene rings is 1. The molecule has 1 aromatic heterocycles. The summed E-state index contributed by atoms with van der Waals surface area (Å²) in [6.45, 7) is 3.61. The number of hydrogen-bond donors (Lipinski definition) is 1. The van der Waals surface area contributed by atoms with E-state index in [1.807, 2.05) is 12.1 Å². The maximum atomic E-state index is 12.3. The van der Waals surface area contributed by atoms with E-state index in [9.17, 15) is 14.9 Å². The Hall–Kier alpha value is -2.12. The molecule has 6 nitrogen and oxygen atoms in total. The van der Waals surface area contributed by atoms with Crippen molar-refractivity contribution >= 4 is 45.9 Å². The second kappa shape index (κ2) is 7.41. The van der Waals surface area contributed by atoms with Gasteiger partial charge in [0.2, 0.25) is 0 Å². The van der Waals surface area contributed by atoms with Crippen LogP contribution in [0.5, 0.6) is 0 Å². The molecule has 2 aromatic rings. The Kier molecular flexibility index (Phi) is 5.24. The predicted molar refractivity (Wildman–Crippen MR) is 101 cm³/mol. The van der Waals surface area contributed by atoms with E-state index >= 15 is 0 Å². The number of nitrogens with one attached hydrogen (secondary N) is 1. The van der Waals surface area contributed by atoms with Crippen LogP contribution in [0, 0.1) is 17.0 Å². The van der Waals surface area contributed by atoms with E-state index in [4.69, 9.17) is 11.6 Å². The molecule has 132 valence electrons. The summed E-state index contributed by atoms with van der Waals surface area (Å²) in [5, 5.41) is 14.3. The number of aryl methyl sites for hydroxylation is 1. The number of carbonyl (C=O) groups is 1. The van der Waals surface area contributed by atoms with Crippen LogP contribution in [0.2, 0.25) is 5.02 Å².